The van der Waals surface area contributed by atoms with Gasteiger partial charge in [-0.3, -0.25) is 0 Å². The third kappa shape index (κ3) is 8.99. The Morgan fingerprint density at radius 3 is 2.54 bits per heavy atom. The molecule has 0 aromatic heterocycles. The number of halogens is 1. The van der Waals surface area contributed by atoms with Gasteiger partial charge < -0.3 is 19.3 Å². The molecule has 5 nitrogen and oxygen atoms in total. The lowest BCUT2D eigenvalue weighted by molar-refractivity contribution is -0.127. The molecule has 1 saturated heterocycles. The zero-order chi connectivity index (χ0) is 29.4. The van der Waals surface area contributed by atoms with Gasteiger partial charge in [0.15, 0.2) is 0 Å². The molecule has 1 unspecified atom stereocenters. The average molecular weight is 624 g/mol. The summed E-state index contributed by atoms with van der Waals surface area (Å²) in [6.45, 7) is 10.9. The molecular weight excluding hydrogens is 580 g/mol. The number of hydrogen-bond donors (Lipinski definition) is 1. The Morgan fingerprint density at radius 1 is 1.10 bits per heavy atom. The van der Waals surface area contributed by atoms with Crippen LogP contribution in [0.5, 0.6) is 0 Å². The Morgan fingerprint density at radius 2 is 1.80 bits per heavy atom. The fourth-order valence-electron chi connectivity index (χ4n) is 5.39. The second-order valence-corrected chi connectivity index (χ2v) is 13.3. The summed E-state index contributed by atoms with van der Waals surface area (Å²) in [7, 11) is 0. The van der Waals surface area contributed by atoms with E-state index in [0.717, 1.165) is 29.2 Å². The molecule has 41 heavy (non-hydrogen) atoms. The lowest BCUT2D eigenvalue weighted by Gasteiger charge is -2.42. The molecule has 6 atom stereocenters. The van der Waals surface area contributed by atoms with Gasteiger partial charge in [0.1, 0.15) is 0 Å². The summed E-state index contributed by atoms with van der Waals surface area (Å²) in [5.74, 6) is -0.228. The van der Waals surface area contributed by atoms with Gasteiger partial charge in [0.25, 0.3) is 0 Å². The van der Waals surface area contributed by atoms with E-state index in [2.05, 4.69) is 43.3 Å². The summed E-state index contributed by atoms with van der Waals surface area (Å²) >= 11 is 3.82. The molecule has 1 N–H and O–H groups in total. The van der Waals surface area contributed by atoms with Crippen molar-refractivity contribution in [2.45, 2.75) is 82.3 Å². The van der Waals surface area contributed by atoms with Crippen LogP contribution in [0.25, 0.3) is 10.8 Å². The first-order chi connectivity index (χ1) is 19.6. The molecule has 1 fully saturated rings. The largest absolute Gasteiger partial charge is 0.461 e. The van der Waals surface area contributed by atoms with Crippen molar-refractivity contribution in [3.05, 3.63) is 96.6 Å². The number of fused-ring (bicyclic) bond motifs is 1. The normalized spacial score (nSPS) is 21.6. The van der Waals surface area contributed by atoms with Crippen molar-refractivity contribution in [3.8, 4) is 0 Å². The summed E-state index contributed by atoms with van der Waals surface area (Å²) in [4.78, 5) is 13.1. The van der Waals surface area contributed by atoms with E-state index in [1.807, 2.05) is 78.9 Å². The first-order valence-electron chi connectivity index (χ1n) is 14.6. The second kappa shape index (κ2) is 14.6. The van der Waals surface area contributed by atoms with E-state index in [0.29, 0.717) is 25.0 Å². The zero-order valence-electron chi connectivity index (χ0n) is 24.4. The second-order valence-electron chi connectivity index (χ2n) is 12.0. The maximum Gasteiger partial charge on any atom is 0.338 e. The Balaban J connectivity index is 1.31. The van der Waals surface area contributed by atoms with E-state index in [4.69, 9.17) is 14.2 Å². The van der Waals surface area contributed by atoms with Crippen LogP contribution in [0.2, 0.25) is 0 Å². The lowest BCUT2D eigenvalue weighted by atomic mass is 9.82. The Hall–Kier alpha value is -2.51. The minimum absolute atomic E-state index is 0.105. The van der Waals surface area contributed by atoms with E-state index >= 15 is 0 Å². The van der Waals surface area contributed by atoms with Gasteiger partial charge in [-0.05, 0) is 47.7 Å². The minimum atomic E-state index is -0.574. The molecule has 3 aromatic rings. The van der Waals surface area contributed by atoms with Crippen LogP contribution in [-0.4, -0.2) is 46.9 Å². The van der Waals surface area contributed by atoms with Crippen LogP contribution in [-0.2, 0) is 20.8 Å². The quantitative estimate of drug-likeness (QED) is 0.119. The SMILES string of the molecule is C=C[C@H](C)[C@@H](C[C@@H](O)C[C@@H]1CC(Br)C[C@H](C(C)(C)COC(=O)c2ccc3ccccc3c2)O1)OCc1ccccc1. The predicted molar refractivity (Wildman–Crippen MR) is 168 cm³/mol. The molecular formula is C35H43BrO5. The first-order valence-corrected chi connectivity index (χ1v) is 15.5. The van der Waals surface area contributed by atoms with Crippen LogP contribution in [0.1, 0.15) is 62.4 Å². The smallest absolute Gasteiger partial charge is 0.338 e. The van der Waals surface area contributed by atoms with Crippen LogP contribution in [0.3, 0.4) is 0 Å². The molecule has 0 spiro atoms. The number of rotatable bonds is 13. The minimum Gasteiger partial charge on any atom is -0.461 e. The summed E-state index contributed by atoms with van der Waals surface area (Å²) in [6, 6.07) is 23.7. The number of carbonyl (C=O) groups is 1. The third-order valence-electron chi connectivity index (χ3n) is 8.08. The highest BCUT2D eigenvalue weighted by atomic mass is 79.9. The van der Waals surface area contributed by atoms with Crippen molar-refractivity contribution in [2.24, 2.45) is 11.3 Å². The molecule has 1 aliphatic rings. The topological polar surface area (TPSA) is 65.0 Å². The zero-order valence-corrected chi connectivity index (χ0v) is 26.0. The van der Waals surface area contributed by atoms with Gasteiger partial charge in [0.2, 0.25) is 0 Å². The van der Waals surface area contributed by atoms with Crippen molar-refractivity contribution >= 4 is 32.7 Å². The van der Waals surface area contributed by atoms with Crippen molar-refractivity contribution in [3.63, 3.8) is 0 Å². The summed E-state index contributed by atoms with van der Waals surface area (Å²) in [5, 5.41) is 13.2. The van der Waals surface area contributed by atoms with Gasteiger partial charge in [0, 0.05) is 22.6 Å². The molecule has 0 radical (unpaired) electrons. The van der Waals surface area contributed by atoms with E-state index in [-0.39, 0.29) is 41.6 Å². The number of aliphatic hydroxyl groups excluding tert-OH is 1. The van der Waals surface area contributed by atoms with Gasteiger partial charge in [0.05, 0.1) is 43.2 Å². The molecule has 6 heteroatoms. The number of alkyl halides is 1. The predicted octanol–water partition coefficient (Wildman–Crippen LogP) is 7.88. The van der Waals surface area contributed by atoms with E-state index < -0.39 is 11.5 Å². The van der Waals surface area contributed by atoms with Crippen LogP contribution in [0, 0.1) is 11.3 Å². The number of aliphatic hydroxyl groups is 1. The van der Waals surface area contributed by atoms with E-state index in [1.165, 1.54) is 0 Å². The number of benzene rings is 3. The van der Waals surface area contributed by atoms with Gasteiger partial charge in [-0.1, -0.05) is 103 Å². The highest BCUT2D eigenvalue weighted by molar-refractivity contribution is 9.09. The van der Waals surface area contributed by atoms with Gasteiger partial charge >= 0.3 is 5.97 Å². The lowest BCUT2D eigenvalue weighted by Crippen LogP contribution is -2.45. The third-order valence-corrected chi connectivity index (χ3v) is 8.83. The summed E-state index contributed by atoms with van der Waals surface area (Å²) < 4.78 is 18.6. The molecule has 220 valence electrons. The van der Waals surface area contributed by atoms with Crippen LogP contribution in [0.15, 0.2) is 85.5 Å². The first kappa shape index (κ1) is 31.4. The number of esters is 1. The molecule has 0 aliphatic carbocycles. The Bertz CT molecular complexity index is 1280. The molecule has 4 rings (SSSR count). The van der Waals surface area contributed by atoms with Crippen molar-refractivity contribution in [1.29, 1.82) is 0 Å². The fourth-order valence-corrected chi connectivity index (χ4v) is 6.14. The molecule has 0 saturated carbocycles. The van der Waals surface area contributed by atoms with Crippen LogP contribution < -0.4 is 0 Å². The Labute approximate surface area is 253 Å². The fraction of sp³-hybridized carbons (Fsp3) is 0.457. The van der Waals surface area contributed by atoms with Crippen LogP contribution in [0.4, 0.5) is 0 Å². The monoisotopic (exact) mass is 622 g/mol. The van der Waals surface area contributed by atoms with Crippen LogP contribution >= 0.6 is 15.9 Å². The van der Waals surface area contributed by atoms with Crippen molar-refractivity contribution in [2.75, 3.05) is 6.61 Å². The molecule has 0 amide bonds. The standard InChI is InChI=1S/C35H43BrO5/c1-5-24(2)32(39-22-25-11-7-6-8-12-25)21-30(37)20-31-18-29(36)19-33(41-31)35(3,4)23-40-34(38)28-16-15-26-13-9-10-14-27(26)17-28/h5-17,24,29-33,37H,1,18-23H2,2-4H3/t24-,29?,30-,31-,32+,33+/m0/s1. The maximum absolute atomic E-state index is 12.9. The van der Waals surface area contributed by atoms with E-state index in [1.54, 1.807) is 0 Å². The van der Waals surface area contributed by atoms with Gasteiger partial charge in [-0.2, -0.15) is 0 Å². The molecule has 3 aromatic carbocycles. The van der Waals surface area contributed by atoms with Crippen molar-refractivity contribution in [1.82, 2.24) is 0 Å². The molecule has 1 aliphatic heterocycles. The molecule has 1 heterocycles. The number of carbonyl (C=O) groups excluding carboxylic acids is 1. The maximum atomic E-state index is 12.9. The van der Waals surface area contributed by atoms with Gasteiger partial charge in [-0.25, -0.2) is 4.79 Å². The highest BCUT2D eigenvalue weighted by Crippen LogP contribution is 2.37. The molecule has 0 bridgehead atoms. The highest BCUT2D eigenvalue weighted by Gasteiger charge is 2.39. The average Bonchev–Trinajstić information content (AvgIpc) is 2.97. The van der Waals surface area contributed by atoms with E-state index in [9.17, 15) is 9.90 Å². The number of ether oxygens (including phenoxy) is 3. The number of hydrogen-bond acceptors (Lipinski definition) is 5. The van der Waals surface area contributed by atoms with Crippen molar-refractivity contribution < 1.29 is 24.1 Å². The van der Waals surface area contributed by atoms with Gasteiger partial charge in [-0.15, -0.1) is 6.58 Å². The summed E-state index contributed by atoms with van der Waals surface area (Å²) in [6.07, 6.45) is 3.56. The summed E-state index contributed by atoms with van der Waals surface area (Å²) in [5.41, 5.74) is 1.24. The Kier molecular flexibility index (Phi) is 11.2.